The Bertz CT molecular complexity index is 692. The van der Waals surface area contributed by atoms with Crippen LogP contribution in [0.2, 0.25) is 0 Å². The standard InChI is InChI=1S/C22H33NO6.ClH/c1-5-7-9-20(24)28-18-12-11-16(13-17(23)22(26)27-15(3)4)14-19(18)29-21(25)10-8-6-2;/h11-12,14-15,17H,5-10,13,23H2,1-4H3;1H. The zero-order valence-electron chi connectivity index (χ0n) is 18.3. The van der Waals surface area contributed by atoms with Crippen molar-refractivity contribution in [2.75, 3.05) is 0 Å². The van der Waals surface area contributed by atoms with E-state index in [0.717, 1.165) is 19.3 Å². The maximum Gasteiger partial charge on any atom is 0.323 e. The molecule has 0 fully saturated rings. The van der Waals surface area contributed by atoms with Crippen LogP contribution >= 0.6 is 12.4 Å². The van der Waals surface area contributed by atoms with E-state index in [2.05, 4.69) is 0 Å². The quantitative estimate of drug-likeness (QED) is 0.382. The van der Waals surface area contributed by atoms with Gasteiger partial charge < -0.3 is 19.9 Å². The van der Waals surface area contributed by atoms with Gasteiger partial charge in [-0.25, -0.2) is 0 Å². The molecule has 1 atom stereocenters. The van der Waals surface area contributed by atoms with Crippen LogP contribution in [-0.4, -0.2) is 30.1 Å². The number of unbranched alkanes of at least 4 members (excludes halogenated alkanes) is 2. The van der Waals surface area contributed by atoms with Crippen molar-refractivity contribution in [1.82, 2.24) is 0 Å². The topological polar surface area (TPSA) is 105 Å². The molecule has 30 heavy (non-hydrogen) atoms. The van der Waals surface area contributed by atoms with Crippen molar-refractivity contribution in [2.45, 2.75) is 84.8 Å². The van der Waals surface area contributed by atoms with Crippen LogP contribution in [0, 0.1) is 0 Å². The third-order valence-electron chi connectivity index (χ3n) is 4.03. The first-order valence-corrected chi connectivity index (χ1v) is 10.3. The molecule has 170 valence electrons. The van der Waals surface area contributed by atoms with Crippen LogP contribution in [0.5, 0.6) is 11.5 Å². The Morgan fingerprint density at radius 1 is 0.933 bits per heavy atom. The smallest absolute Gasteiger partial charge is 0.323 e. The van der Waals surface area contributed by atoms with Gasteiger partial charge in [-0.2, -0.15) is 0 Å². The maximum absolute atomic E-state index is 12.1. The lowest BCUT2D eigenvalue weighted by molar-refractivity contribution is -0.149. The lowest BCUT2D eigenvalue weighted by Gasteiger charge is -2.15. The molecule has 0 saturated heterocycles. The number of carbonyl (C=O) groups excluding carboxylic acids is 3. The Kier molecular flexibility index (Phi) is 13.8. The summed E-state index contributed by atoms with van der Waals surface area (Å²) in [6, 6.07) is 3.98. The molecule has 1 rings (SSSR count). The maximum atomic E-state index is 12.1. The number of hydrogen-bond donors (Lipinski definition) is 1. The highest BCUT2D eigenvalue weighted by atomic mass is 35.5. The number of benzene rings is 1. The van der Waals surface area contributed by atoms with E-state index in [1.165, 1.54) is 0 Å². The first kappa shape index (κ1) is 27.9. The fraction of sp³-hybridized carbons (Fsp3) is 0.591. The molecule has 1 unspecified atom stereocenters. The van der Waals surface area contributed by atoms with Crippen LogP contribution in [0.4, 0.5) is 0 Å². The highest BCUT2D eigenvalue weighted by Gasteiger charge is 2.20. The van der Waals surface area contributed by atoms with Crippen molar-refractivity contribution >= 4 is 30.3 Å². The molecule has 2 N–H and O–H groups in total. The van der Waals surface area contributed by atoms with Gasteiger partial charge in [0.2, 0.25) is 0 Å². The number of ether oxygens (including phenoxy) is 3. The Labute approximate surface area is 185 Å². The minimum atomic E-state index is -0.848. The molecule has 1 aromatic carbocycles. The number of nitrogens with two attached hydrogens (primary N) is 1. The summed E-state index contributed by atoms with van der Waals surface area (Å²) in [5.74, 6) is -0.964. The molecule has 0 aliphatic rings. The molecular formula is C22H34ClNO6. The highest BCUT2D eigenvalue weighted by molar-refractivity contribution is 5.85. The first-order chi connectivity index (χ1) is 13.8. The summed E-state index contributed by atoms with van der Waals surface area (Å²) in [5, 5.41) is 0. The summed E-state index contributed by atoms with van der Waals surface area (Å²) in [5.41, 5.74) is 6.59. The lowest BCUT2D eigenvalue weighted by Crippen LogP contribution is -2.35. The number of rotatable bonds is 12. The monoisotopic (exact) mass is 443 g/mol. The van der Waals surface area contributed by atoms with E-state index in [4.69, 9.17) is 19.9 Å². The minimum Gasteiger partial charge on any atom is -0.462 e. The molecule has 0 aromatic heterocycles. The van der Waals surface area contributed by atoms with Crippen LogP contribution in [0.15, 0.2) is 18.2 Å². The molecule has 0 spiro atoms. The Morgan fingerprint density at radius 2 is 1.47 bits per heavy atom. The summed E-state index contributed by atoms with van der Waals surface area (Å²) in [4.78, 5) is 36.0. The normalized spacial score (nSPS) is 11.4. The molecule has 7 nitrogen and oxygen atoms in total. The number of halogens is 1. The van der Waals surface area contributed by atoms with E-state index in [1.54, 1.807) is 32.0 Å². The van der Waals surface area contributed by atoms with Crippen LogP contribution in [0.3, 0.4) is 0 Å². The van der Waals surface area contributed by atoms with Gasteiger partial charge in [0.05, 0.1) is 6.10 Å². The summed E-state index contributed by atoms with van der Waals surface area (Å²) < 4.78 is 15.9. The van der Waals surface area contributed by atoms with Gasteiger partial charge in [0.15, 0.2) is 11.5 Å². The molecule has 8 heteroatoms. The van der Waals surface area contributed by atoms with Gasteiger partial charge in [-0.05, 0) is 50.8 Å². The van der Waals surface area contributed by atoms with E-state index in [0.29, 0.717) is 12.0 Å². The summed E-state index contributed by atoms with van der Waals surface area (Å²) in [6.07, 6.45) is 3.66. The zero-order valence-corrected chi connectivity index (χ0v) is 19.1. The van der Waals surface area contributed by atoms with Crippen molar-refractivity contribution < 1.29 is 28.6 Å². The fourth-order valence-corrected chi connectivity index (χ4v) is 2.49. The van der Waals surface area contributed by atoms with Crippen LogP contribution < -0.4 is 15.2 Å². The largest absolute Gasteiger partial charge is 0.462 e. The van der Waals surface area contributed by atoms with Gasteiger partial charge in [-0.15, -0.1) is 12.4 Å². The predicted molar refractivity (Wildman–Crippen MR) is 117 cm³/mol. The minimum absolute atomic E-state index is 0. The molecule has 0 bridgehead atoms. The van der Waals surface area contributed by atoms with Crippen LogP contribution in [-0.2, 0) is 25.5 Å². The van der Waals surface area contributed by atoms with Gasteiger partial charge in [0, 0.05) is 12.8 Å². The highest BCUT2D eigenvalue weighted by Crippen LogP contribution is 2.30. The van der Waals surface area contributed by atoms with E-state index < -0.39 is 18.0 Å². The van der Waals surface area contributed by atoms with Gasteiger partial charge in [-0.3, -0.25) is 14.4 Å². The summed E-state index contributed by atoms with van der Waals surface area (Å²) >= 11 is 0. The van der Waals surface area contributed by atoms with Crippen molar-refractivity contribution in [3.05, 3.63) is 23.8 Å². The summed E-state index contributed by atoms with van der Waals surface area (Å²) in [7, 11) is 0. The van der Waals surface area contributed by atoms with E-state index in [-0.39, 0.29) is 55.2 Å². The Balaban J connectivity index is 0.00000841. The second-order valence-corrected chi connectivity index (χ2v) is 7.23. The number of hydrogen-bond acceptors (Lipinski definition) is 7. The average Bonchev–Trinajstić information content (AvgIpc) is 2.66. The summed E-state index contributed by atoms with van der Waals surface area (Å²) in [6.45, 7) is 7.46. The van der Waals surface area contributed by atoms with Gasteiger partial charge in [-0.1, -0.05) is 32.8 Å². The molecule has 0 aliphatic carbocycles. The molecule has 0 amide bonds. The van der Waals surface area contributed by atoms with Crippen molar-refractivity contribution in [3.63, 3.8) is 0 Å². The third kappa shape index (κ3) is 10.6. The van der Waals surface area contributed by atoms with Crippen molar-refractivity contribution in [3.8, 4) is 11.5 Å². The number of carbonyl (C=O) groups is 3. The van der Waals surface area contributed by atoms with Gasteiger partial charge in [0.1, 0.15) is 6.04 Å². The molecule has 0 saturated carbocycles. The first-order valence-electron chi connectivity index (χ1n) is 10.3. The van der Waals surface area contributed by atoms with E-state index in [1.807, 2.05) is 13.8 Å². The fourth-order valence-electron chi connectivity index (χ4n) is 2.49. The zero-order chi connectivity index (χ0) is 21.8. The third-order valence-corrected chi connectivity index (χ3v) is 4.03. The van der Waals surface area contributed by atoms with E-state index >= 15 is 0 Å². The van der Waals surface area contributed by atoms with Crippen molar-refractivity contribution in [1.29, 1.82) is 0 Å². The second-order valence-electron chi connectivity index (χ2n) is 7.23. The molecule has 0 aliphatic heterocycles. The van der Waals surface area contributed by atoms with Gasteiger partial charge >= 0.3 is 17.9 Å². The SMILES string of the molecule is CCCCC(=O)Oc1ccc(CC(N)C(=O)OC(C)C)cc1OC(=O)CCCC.Cl. The average molecular weight is 444 g/mol. The molecule has 0 radical (unpaired) electrons. The Hall–Kier alpha value is -2.12. The van der Waals surface area contributed by atoms with Crippen molar-refractivity contribution in [2.24, 2.45) is 5.73 Å². The second kappa shape index (κ2) is 14.8. The molecular weight excluding hydrogens is 410 g/mol. The molecule has 1 aromatic rings. The van der Waals surface area contributed by atoms with Crippen LogP contribution in [0.25, 0.3) is 0 Å². The Morgan fingerprint density at radius 3 is 1.97 bits per heavy atom. The van der Waals surface area contributed by atoms with Gasteiger partial charge in [0.25, 0.3) is 0 Å². The predicted octanol–water partition coefficient (Wildman–Crippen LogP) is 4.12. The molecule has 0 heterocycles. The lowest BCUT2D eigenvalue weighted by atomic mass is 10.1. The number of esters is 3. The van der Waals surface area contributed by atoms with Crippen LogP contribution in [0.1, 0.15) is 71.8 Å². The van der Waals surface area contributed by atoms with E-state index in [9.17, 15) is 14.4 Å².